The lowest BCUT2D eigenvalue weighted by atomic mass is 10.1. The van der Waals surface area contributed by atoms with Crippen molar-refractivity contribution in [2.45, 2.75) is 25.3 Å². The normalized spacial score (nSPS) is 20.6. The maximum atomic E-state index is 12.0. The van der Waals surface area contributed by atoms with E-state index in [-0.39, 0.29) is 17.8 Å². The molecule has 23 heavy (non-hydrogen) atoms. The van der Waals surface area contributed by atoms with Crippen LogP contribution in [0.4, 0.5) is 4.79 Å². The molecule has 4 nitrogen and oxygen atoms in total. The first-order valence-corrected chi connectivity index (χ1v) is 8.02. The van der Waals surface area contributed by atoms with Crippen LogP contribution in [0.25, 0.3) is 0 Å². The fourth-order valence-electron chi connectivity index (χ4n) is 2.98. The van der Waals surface area contributed by atoms with Gasteiger partial charge in [0.1, 0.15) is 5.75 Å². The number of benzene rings is 2. The fourth-order valence-corrected chi connectivity index (χ4v) is 2.98. The molecule has 1 aliphatic carbocycles. The number of para-hydroxylation sites is 1. The van der Waals surface area contributed by atoms with Crippen molar-refractivity contribution < 1.29 is 9.90 Å². The molecule has 0 bridgehead atoms. The van der Waals surface area contributed by atoms with Crippen molar-refractivity contribution in [2.24, 2.45) is 5.92 Å². The maximum Gasteiger partial charge on any atom is 0.315 e. The molecular formula is C19H22N2O2. The largest absolute Gasteiger partial charge is 0.508 e. The number of aromatic hydroxyl groups is 1. The molecule has 3 N–H and O–H groups in total. The molecule has 2 amide bonds. The van der Waals surface area contributed by atoms with E-state index >= 15 is 0 Å². The van der Waals surface area contributed by atoms with Crippen molar-refractivity contribution >= 4 is 6.03 Å². The van der Waals surface area contributed by atoms with E-state index in [4.69, 9.17) is 0 Å². The first-order chi connectivity index (χ1) is 11.1. The first-order valence-electron chi connectivity index (χ1n) is 8.02. The van der Waals surface area contributed by atoms with Gasteiger partial charge in [0.05, 0.1) is 6.04 Å². The SMILES string of the molecule is C[C@@H](NC(=O)NC[C@@H]1C[C@H]1c1ccccc1)c1ccccc1O. The molecule has 0 spiro atoms. The van der Waals surface area contributed by atoms with Crippen LogP contribution < -0.4 is 10.6 Å². The predicted octanol–water partition coefficient (Wildman–Crippen LogP) is 3.56. The van der Waals surface area contributed by atoms with Crippen LogP contribution in [0.2, 0.25) is 0 Å². The Morgan fingerprint density at radius 2 is 1.87 bits per heavy atom. The van der Waals surface area contributed by atoms with Gasteiger partial charge in [0.2, 0.25) is 0 Å². The van der Waals surface area contributed by atoms with Crippen LogP contribution in [0.5, 0.6) is 5.75 Å². The van der Waals surface area contributed by atoms with E-state index in [0.717, 1.165) is 12.0 Å². The lowest BCUT2D eigenvalue weighted by Gasteiger charge is -2.16. The van der Waals surface area contributed by atoms with E-state index in [9.17, 15) is 9.90 Å². The highest BCUT2D eigenvalue weighted by atomic mass is 16.3. The van der Waals surface area contributed by atoms with Gasteiger partial charge in [-0.3, -0.25) is 0 Å². The molecule has 1 saturated carbocycles. The van der Waals surface area contributed by atoms with Crippen molar-refractivity contribution in [3.63, 3.8) is 0 Å². The van der Waals surface area contributed by atoms with Gasteiger partial charge in [-0.1, -0.05) is 48.5 Å². The monoisotopic (exact) mass is 310 g/mol. The summed E-state index contributed by atoms with van der Waals surface area (Å²) in [7, 11) is 0. The molecule has 3 atom stereocenters. The van der Waals surface area contributed by atoms with Crippen LogP contribution in [0.15, 0.2) is 54.6 Å². The zero-order chi connectivity index (χ0) is 16.2. The smallest absolute Gasteiger partial charge is 0.315 e. The highest BCUT2D eigenvalue weighted by molar-refractivity contribution is 5.74. The zero-order valence-electron chi connectivity index (χ0n) is 13.2. The molecule has 0 saturated heterocycles. The van der Waals surface area contributed by atoms with Crippen molar-refractivity contribution in [2.75, 3.05) is 6.54 Å². The molecule has 1 fully saturated rings. The summed E-state index contributed by atoms with van der Waals surface area (Å²) in [5, 5.41) is 15.6. The van der Waals surface area contributed by atoms with E-state index in [1.807, 2.05) is 25.1 Å². The van der Waals surface area contributed by atoms with Crippen molar-refractivity contribution in [3.8, 4) is 5.75 Å². The minimum Gasteiger partial charge on any atom is -0.508 e. The van der Waals surface area contributed by atoms with E-state index < -0.39 is 0 Å². The summed E-state index contributed by atoms with van der Waals surface area (Å²) in [6.45, 7) is 2.54. The van der Waals surface area contributed by atoms with Gasteiger partial charge >= 0.3 is 6.03 Å². The third-order valence-corrected chi connectivity index (χ3v) is 4.43. The second-order valence-electron chi connectivity index (χ2n) is 6.15. The Morgan fingerprint density at radius 1 is 1.17 bits per heavy atom. The number of hydrogen-bond acceptors (Lipinski definition) is 2. The van der Waals surface area contributed by atoms with Crippen LogP contribution in [-0.2, 0) is 0 Å². The van der Waals surface area contributed by atoms with Crippen molar-refractivity contribution in [1.29, 1.82) is 0 Å². The third-order valence-electron chi connectivity index (χ3n) is 4.43. The Bertz CT molecular complexity index is 672. The van der Waals surface area contributed by atoms with Gasteiger partial charge in [-0.2, -0.15) is 0 Å². The molecule has 0 aliphatic heterocycles. The first kappa shape index (κ1) is 15.4. The standard InChI is InChI=1S/C19H22N2O2/c1-13(16-9-5-6-10-18(16)22)21-19(23)20-12-15-11-17(15)14-7-3-2-4-8-14/h2-10,13,15,17,22H,11-12H2,1H3,(H2,20,21,23)/t13-,15+,17+/m1/s1. The van der Waals surface area contributed by atoms with Gasteiger partial charge in [-0.15, -0.1) is 0 Å². The maximum absolute atomic E-state index is 12.0. The lowest BCUT2D eigenvalue weighted by molar-refractivity contribution is 0.237. The molecule has 0 aromatic heterocycles. The Labute approximate surface area is 136 Å². The predicted molar refractivity (Wildman–Crippen MR) is 90.3 cm³/mol. The molecule has 120 valence electrons. The highest BCUT2D eigenvalue weighted by Gasteiger charge is 2.38. The van der Waals surface area contributed by atoms with Crippen LogP contribution >= 0.6 is 0 Å². The quantitative estimate of drug-likeness (QED) is 0.791. The van der Waals surface area contributed by atoms with E-state index in [0.29, 0.717) is 18.4 Å². The van der Waals surface area contributed by atoms with E-state index in [1.54, 1.807) is 12.1 Å². The molecule has 3 rings (SSSR count). The van der Waals surface area contributed by atoms with Crippen molar-refractivity contribution in [3.05, 3.63) is 65.7 Å². The summed E-state index contributed by atoms with van der Waals surface area (Å²) >= 11 is 0. The van der Waals surface area contributed by atoms with Gasteiger partial charge in [-0.25, -0.2) is 4.79 Å². The summed E-state index contributed by atoms with van der Waals surface area (Å²) in [6, 6.07) is 17.0. The van der Waals surface area contributed by atoms with Gasteiger partial charge in [-0.05, 0) is 36.8 Å². The average Bonchev–Trinajstić information content (AvgIpc) is 3.34. The number of rotatable bonds is 5. The molecule has 4 heteroatoms. The van der Waals surface area contributed by atoms with Crippen LogP contribution in [-0.4, -0.2) is 17.7 Å². The number of carbonyl (C=O) groups excluding carboxylic acids is 1. The number of phenolic OH excluding ortho intramolecular Hbond substituents is 1. The second kappa shape index (κ2) is 6.73. The Morgan fingerprint density at radius 3 is 2.61 bits per heavy atom. The molecule has 0 radical (unpaired) electrons. The number of phenols is 1. The van der Waals surface area contributed by atoms with Crippen LogP contribution in [0, 0.1) is 5.92 Å². The molecule has 0 unspecified atom stereocenters. The Balaban J connectivity index is 1.45. The minimum atomic E-state index is -0.236. The number of nitrogens with one attached hydrogen (secondary N) is 2. The fraction of sp³-hybridized carbons (Fsp3) is 0.316. The number of carbonyl (C=O) groups is 1. The Hall–Kier alpha value is -2.49. The number of hydrogen-bond donors (Lipinski definition) is 3. The Kier molecular flexibility index (Phi) is 4.51. The molecular weight excluding hydrogens is 288 g/mol. The summed E-state index contributed by atoms with van der Waals surface area (Å²) in [5.41, 5.74) is 2.07. The second-order valence-corrected chi connectivity index (χ2v) is 6.15. The lowest BCUT2D eigenvalue weighted by Crippen LogP contribution is -2.38. The summed E-state index contributed by atoms with van der Waals surface area (Å²) in [4.78, 5) is 12.0. The van der Waals surface area contributed by atoms with Crippen molar-refractivity contribution in [1.82, 2.24) is 10.6 Å². The highest BCUT2D eigenvalue weighted by Crippen LogP contribution is 2.46. The van der Waals surface area contributed by atoms with Crippen LogP contribution in [0.3, 0.4) is 0 Å². The van der Waals surface area contributed by atoms with E-state index in [2.05, 4.69) is 34.9 Å². The summed E-state index contributed by atoms with van der Waals surface area (Å²) < 4.78 is 0. The van der Waals surface area contributed by atoms with Gasteiger partial charge in [0, 0.05) is 12.1 Å². The topological polar surface area (TPSA) is 61.4 Å². The summed E-state index contributed by atoms with van der Waals surface area (Å²) in [5.74, 6) is 1.28. The van der Waals surface area contributed by atoms with E-state index in [1.165, 1.54) is 5.56 Å². The van der Waals surface area contributed by atoms with Gasteiger partial charge in [0.15, 0.2) is 0 Å². The number of amides is 2. The molecule has 2 aromatic rings. The molecule has 2 aromatic carbocycles. The van der Waals surface area contributed by atoms with Crippen LogP contribution in [0.1, 0.15) is 36.4 Å². The summed E-state index contributed by atoms with van der Waals surface area (Å²) in [6.07, 6.45) is 1.12. The molecule has 0 heterocycles. The average molecular weight is 310 g/mol. The number of urea groups is 1. The van der Waals surface area contributed by atoms with Gasteiger partial charge < -0.3 is 15.7 Å². The van der Waals surface area contributed by atoms with Gasteiger partial charge in [0.25, 0.3) is 0 Å². The zero-order valence-corrected chi connectivity index (χ0v) is 13.2. The molecule has 1 aliphatic rings. The minimum absolute atomic E-state index is 0.195. The third kappa shape index (κ3) is 3.83.